The van der Waals surface area contributed by atoms with Crippen LogP contribution in [-0.2, 0) is 11.3 Å². The van der Waals surface area contributed by atoms with Crippen LogP contribution in [0.1, 0.15) is 38.4 Å². The highest BCUT2D eigenvalue weighted by Crippen LogP contribution is 2.21. The molecular formula is C9H17N3OS. The summed E-state index contributed by atoms with van der Waals surface area (Å²) in [7, 11) is 0. The fraction of sp³-hybridized carbons (Fsp3) is 0.778. The van der Waals surface area contributed by atoms with Crippen molar-refractivity contribution in [2.45, 2.75) is 38.0 Å². The van der Waals surface area contributed by atoms with Gasteiger partial charge >= 0.3 is 0 Å². The monoisotopic (exact) mass is 215 g/mol. The van der Waals surface area contributed by atoms with Crippen molar-refractivity contribution in [1.29, 1.82) is 0 Å². The van der Waals surface area contributed by atoms with Gasteiger partial charge in [-0.3, -0.25) is 0 Å². The van der Waals surface area contributed by atoms with Gasteiger partial charge in [0.05, 0.1) is 11.3 Å². The van der Waals surface area contributed by atoms with Gasteiger partial charge in [-0.2, -0.15) is 16.7 Å². The Balaban J connectivity index is 2.74. The molecule has 1 aromatic heterocycles. The number of rotatable bonds is 5. The number of thioether (sulfide) groups is 1. The molecule has 4 nitrogen and oxygen atoms in total. The zero-order valence-corrected chi connectivity index (χ0v) is 9.73. The normalized spacial score (nSPS) is 15.4. The minimum absolute atomic E-state index is 0.488. The zero-order valence-electron chi connectivity index (χ0n) is 8.91. The first-order valence-electron chi connectivity index (χ1n) is 4.71. The molecule has 2 N–H and O–H groups in total. The van der Waals surface area contributed by atoms with Gasteiger partial charge in [-0.25, -0.2) is 0 Å². The second-order valence-corrected chi connectivity index (χ2v) is 4.48. The average Bonchev–Trinajstić information content (AvgIpc) is 2.54. The van der Waals surface area contributed by atoms with Crippen LogP contribution in [0, 0.1) is 0 Å². The molecule has 0 aromatic carbocycles. The summed E-state index contributed by atoms with van der Waals surface area (Å²) in [5, 5.41) is 3.87. The summed E-state index contributed by atoms with van der Waals surface area (Å²) in [6.45, 7) is 4.01. The Morgan fingerprint density at radius 3 is 2.86 bits per heavy atom. The van der Waals surface area contributed by atoms with Crippen molar-refractivity contribution in [3.8, 4) is 0 Å². The smallest absolute Gasteiger partial charge is 0.246 e. The second-order valence-electron chi connectivity index (χ2n) is 3.62. The SMILES string of the molecule is CCCC(C)(N)c1nc(CSC)no1. The summed E-state index contributed by atoms with van der Waals surface area (Å²) in [4.78, 5) is 4.27. The molecule has 0 saturated carbocycles. The molecule has 0 bridgehead atoms. The van der Waals surface area contributed by atoms with E-state index in [1.807, 2.05) is 13.2 Å². The second kappa shape index (κ2) is 4.79. The maximum atomic E-state index is 6.06. The Morgan fingerprint density at radius 1 is 1.57 bits per heavy atom. The van der Waals surface area contributed by atoms with Crippen LogP contribution in [0.5, 0.6) is 0 Å². The lowest BCUT2D eigenvalue weighted by Gasteiger charge is -2.18. The first-order chi connectivity index (χ1) is 6.60. The molecule has 0 amide bonds. The quantitative estimate of drug-likeness (QED) is 0.812. The largest absolute Gasteiger partial charge is 0.337 e. The van der Waals surface area contributed by atoms with Gasteiger partial charge in [-0.1, -0.05) is 18.5 Å². The molecule has 0 saturated heterocycles. The van der Waals surface area contributed by atoms with E-state index in [-0.39, 0.29) is 0 Å². The van der Waals surface area contributed by atoms with Crippen LogP contribution in [0.2, 0.25) is 0 Å². The van der Waals surface area contributed by atoms with Gasteiger partial charge in [0.1, 0.15) is 0 Å². The van der Waals surface area contributed by atoms with E-state index in [9.17, 15) is 0 Å². The van der Waals surface area contributed by atoms with Crippen LogP contribution in [0.3, 0.4) is 0 Å². The number of hydrogen-bond acceptors (Lipinski definition) is 5. The van der Waals surface area contributed by atoms with Crippen molar-refractivity contribution in [3.05, 3.63) is 11.7 Å². The van der Waals surface area contributed by atoms with E-state index in [2.05, 4.69) is 17.1 Å². The molecule has 80 valence electrons. The first kappa shape index (κ1) is 11.5. The number of aromatic nitrogens is 2. The van der Waals surface area contributed by atoms with Crippen molar-refractivity contribution >= 4 is 11.8 Å². The fourth-order valence-electron chi connectivity index (χ4n) is 1.30. The van der Waals surface area contributed by atoms with E-state index in [0.29, 0.717) is 5.89 Å². The predicted octanol–water partition coefficient (Wildman–Crippen LogP) is 1.91. The van der Waals surface area contributed by atoms with Gasteiger partial charge in [0.25, 0.3) is 0 Å². The van der Waals surface area contributed by atoms with Crippen LogP contribution in [-0.4, -0.2) is 16.4 Å². The summed E-state index contributed by atoms with van der Waals surface area (Å²) in [5.74, 6) is 2.04. The number of nitrogens with zero attached hydrogens (tertiary/aromatic N) is 2. The Hall–Kier alpha value is -0.550. The lowest BCUT2D eigenvalue weighted by Crippen LogP contribution is -2.33. The highest BCUT2D eigenvalue weighted by Gasteiger charge is 2.26. The molecule has 0 aliphatic carbocycles. The summed E-state index contributed by atoms with van der Waals surface area (Å²) in [6.07, 6.45) is 3.87. The Morgan fingerprint density at radius 2 is 2.29 bits per heavy atom. The van der Waals surface area contributed by atoms with Crippen molar-refractivity contribution in [1.82, 2.24) is 10.1 Å². The van der Waals surface area contributed by atoms with Gasteiger partial charge in [0, 0.05) is 0 Å². The third-order valence-electron chi connectivity index (χ3n) is 2.00. The van der Waals surface area contributed by atoms with Gasteiger partial charge in [0.2, 0.25) is 5.89 Å². The minimum Gasteiger partial charge on any atom is -0.337 e. The maximum Gasteiger partial charge on any atom is 0.246 e. The Kier molecular flexibility index (Phi) is 3.95. The Labute approximate surface area is 88.6 Å². The van der Waals surface area contributed by atoms with Gasteiger partial charge < -0.3 is 10.3 Å². The summed E-state index contributed by atoms with van der Waals surface area (Å²) in [5.41, 5.74) is 5.57. The van der Waals surface area contributed by atoms with E-state index >= 15 is 0 Å². The van der Waals surface area contributed by atoms with Crippen molar-refractivity contribution in [2.24, 2.45) is 5.73 Å². The molecule has 1 rings (SSSR count). The summed E-state index contributed by atoms with van der Waals surface area (Å²) < 4.78 is 5.14. The van der Waals surface area contributed by atoms with Crippen LogP contribution >= 0.6 is 11.8 Å². The van der Waals surface area contributed by atoms with Crippen molar-refractivity contribution in [3.63, 3.8) is 0 Å². The molecular weight excluding hydrogens is 198 g/mol. The predicted molar refractivity (Wildman–Crippen MR) is 58.0 cm³/mol. The highest BCUT2D eigenvalue weighted by molar-refractivity contribution is 7.97. The molecule has 1 atom stereocenters. The maximum absolute atomic E-state index is 6.06. The molecule has 14 heavy (non-hydrogen) atoms. The first-order valence-corrected chi connectivity index (χ1v) is 6.10. The lowest BCUT2D eigenvalue weighted by atomic mass is 9.98. The molecule has 0 aliphatic heterocycles. The fourth-order valence-corrected chi connectivity index (χ4v) is 1.68. The third-order valence-corrected chi connectivity index (χ3v) is 2.55. The van der Waals surface area contributed by atoms with E-state index in [0.717, 1.165) is 24.4 Å². The van der Waals surface area contributed by atoms with Crippen LogP contribution < -0.4 is 5.73 Å². The molecule has 1 aromatic rings. The van der Waals surface area contributed by atoms with E-state index in [1.165, 1.54) is 0 Å². The molecule has 5 heteroatoms. The molecule has 0 radical (unpaired) electrons. The molecule has 1 heterocycles. The third kappa shape index (κ3) is 2.72. The molecule has 0 spiro atoms. The highest BCUT2D eigenvalue weighted by atomic mass is 32.2. The zero-order chi connectivity index (χ0) is 10.6. The Bertz CT molecular complexity index is 285. The van der Waals surface area contributed by atoms with E-state index in [4.69, 9.17) is 10.3 Å². The van der Waals surface area contributed by atoms with E-state index in [1.54, 1.807) is 11.8 Å². The van der Waals surface area contributed by atoms with Gasteiger partial charge in [0.15, 0.2) is 5.82 Å². The standard InChI is InChI=1S/C9H17N3OS/c1-4-5-9(2,10)8-11-7(6-14-3)12-13-8/h4-6,10H2,1-3H3. The average molecular weight is 215 g/mol. The molecule has 1 unspecified atom stereocenters. The minimum atomic E-state index is -0.488. The topological polar surface area (TPSA) is 64.9 Å². The lowest BCUT2D eigenvalue weighted by molar-refractivity contribution is 0.282. The summed E-state index contributed by atoms with van der Waals surface area (Å²) in [6, 6.07) is 0. The van der Waals surface area contributed by atoms with E-state index < -0.39 is 5.54 Å². The number of hydrogen-bond donors (Lipinski definition) is 1. The van der Waals surface area contributed by atoms with Crippen molar-refractivity contribution in [2.75, 3.05) is 6.26 Å². The summed E-state index contributed by atoms with van der Waals surface area (Å²) >= 11 is 1.67. The van der Waals surface area contributed by atoms with Gasteiger partial charge in [-0.05, 0) is 19.6 Å². The van der Waals surface area contributed by atoms with Crippen molar-refractivity contribution < 1.29 is 4.52 Å². The molecule has 0 aliphatic rings. The molecule has 0 fully saturated rings. The van der Waals surface area contributed by atoms with Crippen LogP contribution in [0.4, 0.5) is 0 Å². The van der Waals surface area contributed by atoms with Crippen LogP contribution in [0.15, 0.2) is 4.52 Å². The number of nitrogens with two attached hydrogens (primary N) is 1. The van der Waals surface area contributed by atoms with Gasteiger partial charge in [-0.15, -0.1) is 0 Å². The van der Waals surface area contributed by atoms with Crippen LogP contribution in [0.25, 0.3) is 0 Å².